The van der Waals surface area contributed by atoms with Crippen LogP contribution in [0, 0.1) is 11.6 Å². The van der Waals surface area contributed by atoms with Crippen LogP contribution in [-0.2, 0) is 17.3 Å². The number of amides is 1. The number of furan rings is 1. The predicted octanol–water partition coefficient (Wildman–Crippen LogP) is 8.64. The number of carbonyl (C=O) groups excluding carboxylic acids is 1. The lowest BCUT2D eigenvalue weighted by atomic mass is 10.0. The standard InChI is InChI=1S/C36H29F3N6O2S.C2H6OS.C2H6/c1-40-36(46)33-24-13-23(29(43(2)48-3)15-31(24)47-35(33)19-7-9-20(37)10-8-19)26-11-12-27-34(42-26)30-14-22-25(39)5-4-6-28(22)45(30)32(41-27)18-44-16-21(38)17-44;1-4(2)3;1-2/h4-15,21H,16-18H2,1-3H3,(H,40,46);1-2H3;1-2H3. The number of nitrogens with one attached hydrogen (secondary N) is 1. The molecule has 1 N–H and O–H groups in total. The molecule has 0 saturated carbocycles. The fourth-order valence-corrected chi connectivity index (χ4v) is 6.86. The van der Waals surface area contributed by atoms with Crippen molar-refractivity contribution in [1.82, 2.24) is 24.6 Å². The van der Waals surface area contributed by atoms with Crippen molar-refractivity contribution in [3.63, 3.8) is 0 Å². The molecule has 0 aliphatic carbocycles. The maximum absolute atomic E-state index is 15.1. The number of alkyl halides is 1. The maximum atomic E-state index is 15.1. The van der Waals surface area contributed by atoms with Gasteiger partial charge in [0, 0.05) is 84.7 Å². The zero-order valence-electron chi connectivity index (χ0n) is 31.0. The number of hydrogen-bond acceptors (Lipinski definition) is 8. The molecule has 4 aromatic heterocycles. The van der Waals surface area contributed by atoms with E-state index >= 15 is 4.39 Å². The molecule has 8 rings (SSSR count). The van der Waals surface area contributed by atoms with Crippen molar-refractivity contribution < 1.29 is 26.6 Å². The molecule has 5 heterocycles. The molecule has 0 radical (unpaired) electrons. The summed E-state index contributed by atoms with van der Waals surface area (Å²) in [5, 5.41) is 3.72. The van der Waals surface area contributed by atoms with Gasteiger partial charge in [-0.3, -0.25) is 18.3 Å². The van der Waals surface area contributed by atoms with Gasteiger partial charge < -0.3 is 14.0 Å². The molecule has 1 aliphatic rings. The molecule has 9 nitrogen and oxygen atoms in total. The monoisotopic (exact) mass is 774 g/mol. The smallest absolute Gasteiger partial charge is 0.255 e. The number of carbonyl (C=O) groups is 1. The molecule has 0 unspecified atom stereocenters. The molecular weight excluding hydrogens is 734 g/mol. The summed E-state index contributed by atoms with van der Waals surface area (Å²) in [6.45, 7) is 5.07. The fraction of sp³-hybridized carbons (Fsp3) is 0.275. The van der Waals surface area contributed by atoms with Crippen LogP contribution in [0.1, 0.15) is 30.0 Å². The third-order valence-electron chi connectivity index (χ3n) is 8.95. The molecule has 1 saturated heterocycles. The van der Waals surface area contributed by atoms with E-state index in [0.29, 0.717) is 86.5 Å². The van der Waals surface area contributed by atoms with E-state index in [1.807, 2.05) is 71.1 Å². The number of benzene rings is 3. The van der Waals surface area contributed by atoms with Crippen molar-refractivity contribution in [2.75, 3.05) is 50.3 Å². The van der Waals surface area contributed by atoms with Crippen molar-refractivity contribution in [3.8, 4) is 22.6 Å². The van der Waals surface area contributed by atoms with Crippen molar-refractivity contribution >= 4 is 72.8 Å². The topological polar surface area (TPSA) is 96.0 Å². The second-order valence-electron chi connectivity index (χ2n) is 12.6. The number of nitrogens with zero attached hydrogens (tertiary/aromatic N) is 5. The van der Waals surface area contributed by atoms with Gasteiger partial charge in [-0.1, -0.05) is 31.9 Å². The Morgan fingerprint density at radius 1 is 1.00 bits per heavy atom. The largest absolute Gasteiger partial charge is 0.455 e. The summed E-state index contributed by atoms with van der Waals surface area (Å²) in [6, 6.07) is 20.0. The van der Waals surface area contributed by atoms with E-state index in [2.05, 4.69) is 5.32 Å². The second-order valence-corrected chi connectivity index (χ2v) is 15.0. The number of rotatable bonds is 7. The third kappa shape index (κ3) is 7.42. The first-order valence-corrected chi connectivity index (χ1v) is 20.5. The molecule has 1 aliphatic heterocycles. The molecule has 0 atom stereocenters. The van der Waals surface area contributed by atoms with Gasteiger partial charge in [0.25, 0.3) is 5.91 Å². The van der Waals surface area contributed by atoms with Crippen LogP contribution >= 0.6 is 11.9 Å². The highest BCUT2D eigenvalue weighted by atomic mass is 32.2. The van der Waals surface area contributed by atoms with Crippen LogP contribution in [0.15, 0.2) is 77.2 Å². The van der Waals surface area contributed by atoms with Crippen molar-refractivity contribution in [1.29, 1.82) is 0 Å². The molecule has 14 heteroatoms. The van der Waals surface area contributed by atoms with Crippen LogP contribution in [0.3, 0.4) is 0 Å². The molecule has 282 valence electrons. The Hall–Kier alpha value is -4.92. The van der Waals surface area contributed by atoms with E-state index in [4.69, 9.17) is 14.4 Å². The van der Waals surface area contributed by atoms with Gasteiger partial charge in [0.1, 0.15) is 40.5 Å². The van der Waals surface area contributed by atoms with Gasteiger partial charge in [-0.25, -0.2) is 23.1 Å². The Balaban J connectivity index is 0.000000779. The highest BCUT2D eigenvalue weighted by Crippen LogP contribution is 2.42. The van der Waals surface area contributed by atoms with Crippen LogP contribution in [0.5, 0.6) is 0 Å². The third-order valence-corrected chi connectivity index (χ3v) is 9.69. The van der Waals surface area contributed by atoms with Crippen LogP contribution in [-0.4, -0.2) is 81.5 Å². The number of pyridine rings is 1. The average molecular weight is 775 g/mol. The minimum Gasteiger partial charge on any atom is -0.455 e. The van der Waals surface area contributed by atoms with Crippen molar-refractivity contribution in [2.24, 2.45) is 0 Å². The number of fused-ring (bicyclic) bond motifs is 6. The Labute approximate surface area is 318 Å². The van der Waals surface area contributed by atoms with Gasteiger partial charge in [-0.15, -0.1) is 0 Å². The predicted molar refractivity (Wildman–Crippen MR) is 215 cm³/mol. The normalized spacial score (nSPS) is 13.2. The quantitative estimate of drug-likeness (QED) is 0.161. The van der Waals surface area contributed by atoms with E-state index in [1.165, 1.54) is 30.1 Å². The van der Waals surface area contributed by atoms with Gasteiger partial charge in [0.2, 0.25) is 0 Å². The highest BCUT2D eigenvalue weighted by Gasteiger charge is 2.29. The van der Waals surface area contributed by atoms with Crippen LogP contribution in [0.25, 0.3) is 61.0 Å². The summed E-state index contributed by atoms with van der Waals surface area (Å²) < 4.78 is 62.4. The number of halogens is 3. The lowest BCUT2D eigenvalue weighted by Gasteiger charge is -2.34. The Bertz CT molecular complexity index is 2510. The van der Waals surface area contributed by atoms with Gasteiger partial charge in [-0.05, 0) is 60.7 Å². The first kappa shape index (κ1) is 38.8. The Morgan fingerprint density at radius 3 is 2.35 bits per heavy atom. The van der Waals surface area contributed by atoms with Gasteiger partial charge in [-0.2, -0.15) is 0 Å². The molecule has 1 amide bonds. The summed E-state index contributed by atoms with van der Waals surface area (Å²) in [6.07, 6.45) is 4.36. The Morgan fingerprint density at radius 2 is 1.70 bits per heavy atom. The average Bonchev–Trinajstić information content (AvgIpc) is 3.74. The minimum atomic E-state index is -0.860. The summed E-state index contributed by atoms with van der Waals surface area (Å²) in [4.78, 5) is 25.4. The summed E-state index contributed by atoms with van der Waals surface area (Å²) >= 11 is 1.49. The van der Waals surface area contributed by atoms with Gasteiger partial charge in [0.05, 0.1) is 40.0 Å². The van der Waals surface area contributed by atoms with E-state index < -0.39 is 22.8 Å². The molecular formula is C40H41F3N6O3S2. The van der Waals surface area contributed by atoms with E-state index in [0.717, 1.165) is 11.3 Å². The summed E-state index contributed by atoms with van der Waals surface area (Å²) in [5.41, 5.74) is 6.03. The lowest BCUT2D eigenvalue weighted by Crippen LogP contribution is -2.47. The lowest BCUT2D eigenvalue weighted by molar-refractivity contribution is 0.0567. The van der Waals surface area contributed by atoms with E-state index in [1.54, 1.807) is 43.8 Å². The number of likely N-dealkylation sites (tertiary alicyclic amines) is 1. The molecule has 3 aromatic carbocycles. The van der Waals surface area contributed by atoms with Crippen LogP contribution in [0.2, 0.25) is 0 Å². The van der Waals surface area contributed by atoms with Crippen molar-refractivity contribution in [3.05, 3.63) is 95.8 Å². The fourth-order valence-electron chi connectivity index (χ4n) is 6.51. The second kappa shape index (κ2) is 16.2. The Kier molecular flexibility index (Phi) is 11.6. The highest BCUT2D eigenvalue weighted by molar-refractivity contribution is 7.99. The zero-order chi connectivity index (χ0) is 38.8. The number of anilines is 1. The van der Waals surface area contributed by atoms with E-state index in [9.17, 15) is 17.8 Å². The summed E-state index contributed by atoms with van der Waals surface area (Å²) in [5.74, 6) is -0.100. The molecule has 7 aromatic rings. The van der Waals surface area contributed by atoms with Gasteiger partial charge >= 0.3 is 0 Å². The maximum Gasteiger partial charge on any atom is 0.255 e. The molecule has 1 fully saturated rings. The van der Waals surface area contributed by atoms with E-state index in [-0.39, 0.29) is 11.7 Å². The molecule has 0 spiro atoms. The first-order chi connectivity index (χ1) is 26.0. The number of aromatic nitrogens is 3. The van der Waals surface area contributed by atoms with Crippen molar-refractivity contribution in [2.45, 2.75) is 26.6 Å². The zero-order valence-corrected chi connectivity index (χ0v) is 32.7. The van der Waals surface area contributed by atoms with Crippen LogP contribution < -0.4 is 9.62 Å². The summed E-state index contributed by atoms with van der Waals surface area (Å²) in [7, 11) is 2.86. The number of hydrogen-bond donors (Lipinski definition) is 1. The van der Waals surface area contributed by atoms with Gasteiger partial charge in [0.15, 0.2) is 0 Å². The van der Waals surface area contributed by atoms with Crippen LogP contribution in [0.4, 0.5) is 18.9 Å². The first-order valence-electron chi connectivity index (χ1n) is 17.3. The SMILES string of the molecule is CC.CNC(=O)c1c(-c2ccc(F)cc2)oc2cc(N(C)SC)c(-c3ccc4nc(CN5CC(F)C5)n5c6cccc(F)c6cc5c4n3)cc12.CS(C)=O. The molecule has 54 heavy (non-hydrogen) atoms. The minimum absolute atomic E-state index is 0.322. The molecule has 0 bridgehead atoms.